The maximum Gasteiger partial charge on any atom is 0.335 e. The van der Waals surface area contributed by atoms with Crippen LogP contribution < -0.4 is 10.6 Å². The summed E-state index contributed by atoms with van der Waals surface area (Å²) in [7, 11) is 0. The second-order valence-corrected chi connectivity index (χ2v) is 7.81. The van der Waals surface area contributed by atoms with Crippen LogP contribution in [0.15, 0.2) is 72.8 Å². The molecule has 1 aliphatic heterocycles. The molecule has 3 aromatic carbocycles. The van der Waals surface area contributed by atoms with Gasteiger partial charge in [0.05, 0.1) is 17.5 Å². The minimum Gasteiger partial charge on any atom is -0.478 e. The predicted molar refractivity (Wildman–Crippen MR) is 111 cm³/mol. The van der Waals surface area contributed by atoms with E-state index in [1.54, 1.807) is 24.3 Å². The van der Waals surface area contributed by atoms with Gasteiger partial charge in [-0.3, -0.25) is 4.79 Å². The van der Waals surface area contributed by atoms with Crippen LogP contribution in [0.3, 0.4) is 0 Å². The first kappa shape index (κ1) is 17.5. The Labute approximate surface area is 168 Å². The third-order valence-corrected chi connectivity index (χ3v) is 6.14. The molecule has 0 aromatic heterocycles. The minimum atomic E-state index is -0.956. The normalized spacial score (nSPS) is 22.0. The quantitative estimate of drug-likeness (QED) is 0.668. The van der Waals surface area contributed by atoms with E-state index in [-0.39, 0.29) is 17.4 Å². The summed E-state index contributed by atoms with van der Waals surface area (Å²) in [4.78, 5) is 26.5. The van der Waals surface area contributed by atoms with E-state index < -0.39 is 11.4 Å². The first-order valence-corrected chi connectivity index (χ1v) is 9.60. The van der Waals surface area contributed by atoms with Crippen LogP contribution >= 0.6 is 0 Å². The maximum absolute atomic E-state index is 13.6. The lowest BCUT2D eigenvalue weighted by molar-refractivity contribution is -0.120. The molecule has 1 saturated carbocycles. The molecule has 5 heteroatoms. The molecule has 2 aliphatic rings. The smallest absolute Gasteiger partial charge is 0.335 e. The van der Waals surface area contributed by atoms with E-state index >= 15 is 0 Å². The van der Waals surface area contributed by atoms with E-state index in [0.29, 0.717) is 12.2 Å². The molecule has 1 spiro atoms. The van der Waals surface area contributed by atoms with E-state index in [4.69, 9.17) is 10.8 Å². The van der Waals surface area contributed by atoms with Crippen LogP contribution in [-0.4, -0.2) is 17.0 Å². The van der Waals surface area contributed by atoms with Crippen molar-refractivity contribution in [1.82, 2.24) is 0 Å². The summed E-state index contributed by atoms with van der Waals surface area (Å²) in [6, 6.07) is 22.5. The maximum atomic E-state index is 13.6. The fourth-order valence-corrected chi connectivity index (χ4v) is 4.57. The Morgan fingerprint density at radius 3 is 2.41 bits per heavy atom. The van der Waals surface area contributed by atoms with Crippen molar-refractivity contribution in [3.05, 3.63) is 95.1 Å². The van der Waals surface area contributed by atoms with Crippen molar-refractivity contribution < 1.29 is 14.7 Å². The van der Waals surface area contributed by atoms with E-state index in [2.05, 4.69) is 6.07 Å². The number of carbonyl (C=O) groups excluding carboxylic acids is 1. The SMILES string of the molecule is Nc1ccc([C@H]2C[C@]23C(=O)N(Cc2ccc(C(=O)O)cc2)c2ccccc23)cc1. The van der Waals surface area contributed by atoms with Crippen molar-refractivity contribution in [2.75, 3.05) is 10.6 Å². The van der Waals surface area contributed by atoms with Crippen molar-refractivity contribution >= 4 is 23.3 Å². The number of nitrogen functional groups attached to an aromatic ring is 1. The van der Waals surface area contributed by atoms with Gasteiger partial charge in [0, 0.05) is 17.3 Å². The molecule has 5 rings (SSSR count). The molecule has 0 unspecified atom stereocenters. The van der Waals surface area contributed by atoms with E-state index in [1.807, 2.05) is 47.4 Å². The van der Waals surface area contributed by atoms with Crippen molar-refractivity contribution in [2.24, 2.45) is 0 Å². The molecule has 2 atom stereocenters. The van der Waals surface area contributed by atoms with Gasteiger partial charge >= 0.3 is 5.97 Å². The average Bonchev–Trinajstić information content (AvgIpc) is 3.44. The fraction of sp³-hybridized carbons (Fsp3) is 0.167. The lowest BCUT2D eigenvalue weighted by Crippen LogP contribution is -2.32. The highest BCUT2D eigenvalue weighted by molar-refractivity contribution is 6.11. The fourth-order valence-electron chi connectivity index (χ4n) is 4.57. The Kier molecular flexibility index (Phi) is 3.74. The number of nitrogens with two attached hydrogens (primary N) is 1. The Morgan fingerprint density at radius 2 is 1.72 bits per heavy atom. The number of anilines is 2. The number of nitrogens with zero attached hydrogens (tertiary/aromatic N) is 1. The molecule has 144 valence electrons. The van der Waals surface area contributed by atoms with Crippen LogP contribution in [0.25, 0.3) is 0 Å². The number of amides is 1. The second kappa shape index (κ2) is 6.21. The van der Waals surface area contributed by atoms with Gasteiger partial charge in [-0.2, -0.15) is 0 Å². The van der Waals surface area contributed by atoms with Gasteiger partial charge in [-0.1, -0.05) is 42.5 Å². The largest absolute Gasteiger partial charge is 0.478 e. The molecule has 1 amide bonds. The zero-order valence-corrected chi connectivity index (χ0v) is 15.7. The second-order valence-electron chi connectivity index (χ2n) is 7.81. The van der Waals surface area contributed by atoms with Gasteiger partial charge in [0.15, 0.2) is 0 Å². The van der Waals surface area contributed by atoms with E-state index in [0.717, 1.165) is 28.8 Å². The van der Waals surface area contributed by atoms with Gasteiger partial charge in [-0.15, -0.1) is 0 Å². The molecule has 0 saturated heterocycles. The number of hydrogen-bond acceptors (Lipinski definition) is 3. The Balaban J connectivity index is 1.48. The molecular weight excluding hydrogens is 364 g/mol. The van der Waals surface area contributed by atoms with Gasteiger partial charge in [-0.25, -0.2) is 4.79 Å². The topological polar surface area (TPSA) is 83.6 Å². The summed E-state index contributed by atoms with van der Waals surface area (Å²) in [6.07, 6.45) is 0.793. The standard InChI is InChI=1S/C24H20N2O3/c25-18-11-9-16(10-12-18)20-13-24(20)19-3-1-2-4-21(19)26(23(24)29)14-15-5-7-17(8-6-15)22(27)28/h1-12,20H,13-14,25H2,(H,27,28)/t20-,24-/m1/s1. The van der Waals surface area contributed by atoms with E-state index in [1.165, 1.54) is 0 Å². The highest BCUT2D eigenvalue weighted by Crippen LogP contribution is 2.66. The molecule has 0 radical (unpaired) electrons. The zero-order chi connectivity index (χ0) is 20.2. The van der Waals surface area contributed by atoms with E-state index in [9.17, 15) is 9.59 Å². The Morgan fingerprint density at radius 1 is 1.03 bits per heavy atom. The average molecular weight is 384 g/mol. The summed E-state index contributed by atoms with van der Waals surface area (Å²) in [6.45, 7) is 0.423. The third-order valence-electron chi connectivity index (χ3n) is 6.14. The van der Waals surface area contributed by atoms with Crippen LogP contribution in [0.5, 0.6) is 0 Å². The molecule has 1 fully saturated rings. The molecular formula is C24H20N2O3. The van der Waals surface area contributed by atoms with Crippen LogP contribution in [0.4, 0.5) is 11.4 Å². The number of benzene rings is 3. The van der Waals surface area contributed by atoms with Crippen LogP contribution in [0, 0.1) is 0 Å². The van der Waals surface area contributed by atoms with Crippen molar-refractivity contribution in [3.8, 4) is 0 Å². The van der Waals surface area contributed by atoms with Crippen LogP contribution in [0.1, 0.15) is 39.4 Å². The van der Waals surface area contributed by atoms with Crippen LogP contribution in [-0.2, 0) is 16.8 Å². The highest BCUT2D eigenvalue weighted by atomic mass is 16.4. The summed E-state index contributed by atoms with van der Waals surface area (Å²) in [5.74, 6) is -0.693. The number of carboxylic acids is 1. The van der Waals surface area contributed by atoms with Gasteiger partial charge in [-0.05, 0) is 53.4 Å². The molecule has 5 nitrogen and oxygen atoms in total. The number of rotatable bonds is 4. The number of aromatic carboxylic acids is 1. The number of fused-ring (bicyclic) bond motifs is 2. The summed E-state index contributed by atoms with van der Waals surface area (Å²) < 4.78 is 0. The number of carbonyl (C=O) groups is 2. The van der Waals surface area contributed by atoms with Gasteiger partial charge in [0.2, 0.25) is 5.91 Å². The molecule has 1 heterocycles. The van der Waals surface area contributed by atoms with Crippen molar-refractivity contribution in [2.45, 2.75) is 24.3 Å². The number of carboxylic acid groups (broad SMARTS) is 1. The number of para-hydroxylation sites is 1. The lowest BCUT2D eigenvalue weighted by Gasteiger charge is -2.18. The monoisotopic (exact) mass is 384 g/mol. The van der Waals surface area contributed by atoms with Crippen LogP contribution in [0.2, 0.25) is 0 Å². The Bertz CT molecular complexity index is 1120. The van der Waals surface area contributed by atoms with Crippen molar-refractivity contribution in [3.63, 3.8) is 0 Å². The lowest BCUT2D eigenvalue weighted by atomic mass is 9.92. The third kappa shape index (κ3) is 2.62. The molecule has 0 bridgehead atoms. The molecule has 3 aromatic rings. The first-order chi connectivity index (χ1) is 14.0. The molecule has 3 N–H and O–H groups in total. The first-order valence-electron chi connectivity index (χ1n) is 9.60. The zero-order valence-electron chi connectivity index (χ0n) is 15.7. The van der Waals surface area contributed by atoms with Crippen molar-refractivity contribution in [1.29, 1.82) is 0 Å². The molecule has 1 aliphatic carbocycles. The minimum absolute atomic E-state index is 0.114. The predicted octanol–water partition coefficient (Wildman–Crippen LogP) is 3.94. The Hall–Kier alpha value is -3.60. The summed E-state index contributed by atoms with van der Waals surface area (Å²) in [5.41, 5.74) is 10.3. The van der Waals surface area contributed by atoms with Gasteiger partial charge in [0.25, 0.3) is 0 Å². The summed E-state index contributed by atoms with van der Waals surface area (Å²) >= 11 is 0. The van der Waals surface area contributed by atoms with Gasteiger partial charge in [0.1, 0.15) is 0 Å². The highest BCUT2D eigenvalue weighted by Gasteiger charge is 2.66. The summed E-state index contributed by atoms with van der Waals surface area (Å²) in [5, 5.41) is 9.09. The number of hydrogen-bond donors (Lipinski definition) is 2. The van der Waals surface area contributed by atoms with Gasteiger partial charge < -0.3 is 15.7 Å². The molecule has 29 heavy (non-hydrogen) atoms.